The molecule has 2 unspecified atom stereocenters. The fraction of sp³-hybridized carbons (Fsp3) is 0.923. The molecule has 1 amide bonds. The van der Waals surface area contributed by atoms with E-state index < -0.39 is 0 Å². The van der Waals surface area contributed by atoms with E-state index in [2.05, 4.69) is 33.0 Å². The van der Waals surface area contributed by atoms with E-state index >= 15 is 0 Å². The van der Waals surface area contributed by atoms with E-state index in [0.717, 1.165) is 19.5 Å². The molecule has 0 saturated carbocycles. The smallest absolute Gasteiger partial charge is 0.222 e. The van der Waals surface area contributed by atoms with E-state index in [4.69, 9.17) is 0 Å². The quantitative estimate of drug-likeness (QED) is 0.847. The van der Waals surface area contributed by atoms with Gasteiger partial charge < -0.3 is 10.2 Å². The van der Waals surface area contributed by atoms with Gasteiger partial charge in [-0.05, 0) is 24.3 Å². The molecule has 1 aliphatic rings. The predicted molar refractivity (Wildman–Crippen MR) is 74.5 cm³/mol. The molecule has 0 spiro atoms. The SMILES string of the molecule is CC(CC(=O)N(C)C1CCNC1)C(C)(C)C.Cl. The molecule has 4 heteroatoms. The molecule has 0 aromatic carbocycles. The van der Waals surface area contributed by atoms with Gasteiger partial charge >= 0.3 is 0 Å². The number of hydrogen-bond acceptors (Lipinski definition) is 2. The average Bonchev–Trinajstić information content (AvgIpc) is 2.67. The number of nitrogens with one attached hydrogen (secondary N) is 1. The first-order valence-corrected chi connectivity index (χ1v) is 6.28. The zero-order valence-electron chi connectivity index (χ0n) is 11.7. The van der Waals surface area contributed by atoms with Gasteiger partial charge in [0, 0.05) is 26.1 Å². The fourth-order valence-corrected chi connectivity index (χ4v) is 1.89. The second kappa shape index (κ2) is 6.60. The van der Waals surface area contributed by atoms with Gasteiger partial charge in [0.05, 0.1) is 0 Å². The van der Waals surface area contributed by atoms with Crippen LogP contribution in [0.4, 0.5) is 0 Å². The maximum absolute atomic E-state index is 12.1. The first kappa shape index (κ1) is 16.7. The molecule has 1 heterocycles. The molecular formula is C13H27ClN2O. The van der Waals surface area contributed by atoms with E-state index in [0.29, 0.717) is 18.4 Å². The zero-order valence-corrected chi connectivity index (χ0v) is 12.6. The van der Waals surface area contributed by atoms with Gasteiger partial charge in [0.1, 0.15) is 0 Å². The minimum atomic E-state index is 0. The molecule has 17 heavy (non-hydrogen) atoms. The van der Waals surface area contributed by atoms with Gasteiger partial charge in [0.2, 0.25) is 5.91 Å². The van der Waals surface area contributed by atoms with Crippen molar-refractivity contribution in [3.63, 3.8) is 0 Å². The molecule has 0 radical (unpaired) electrons. The number of amides is 1. The van der Waals surface area contributed by atoms with Crippen LogP contribution in [0.5, 0.6) is 0 Å². The van der Waals surface area contributed by atoms with E-state index in [1.165, 1.54) is 0 Å². The van der Waals surface area contributed by atoms with Gasteiger partial charge in [-0.1, -0.05) is 27.7 Å². The fourth-order valence-electron chi connectivity index (χ4n) is 1.89. The number of rotatable bonds is 3. The summed E-state index contributed by atoms with van der Waals surface area (Å²) in [4.78, 5) is 14.0. The molecule has 0 bridgehead atoms. The Morgan fingerprint density at radius 1 is 1.47 bits per heavy atom. The van der Waals surface area contributed by atoms with Crippen molar-refractivity contribution in [3.8, 4) is 0 Å². The topological polar surface area (TPSA) is 32.3 Å². The van der Waals surface area contributed by atoms with Crippen LogP contribution >= 0.6 is 12.4 Å². The Kier molecular flexibility index (Phi) is 6.49. The summed E-state index contributed by atoms with van der Waals surface area (Å²) in [6.45, 7) is 10.7. The Morgan fingerprint density at radius 2 is 2.06 bits per heavy atom. The highest BCUT2D eigenvalue weighted by atomic mass is 35.5. The van der Waals surface area contributed by atoms with Gasteiger partial charge in [0.15, 0.2) is 0 Å². The summed E-state index contributed by atoms with van der Waals surface area (Å²) in [5, 5.41) is 3.30. The van der Waals surface area contributed by atoms with Crippen molar-refractivity contribution >= 4 is 18.3 Å². The van der Waals surface area contributed by atoms with Crippen molar-refractivity contribution in [3.05, 3.63) is 0 Å². The second-order valence-corrected chi connectivity index (χ2v) is 6.12. The van der Waals surface area contributed by atoms with Crippen LogP contribution in [-0.2, 0) is 4.79 Å². The van der Waals surface area contributed by atoms with Gasteiger partial charge in [0.25, 0.3) is 0 Å². The van der Waals surface area contributed by atoms with E-state index in [9.17, 15) is 4.79 Å². The third kappa shape index (κ3) is 4.84. The van der Waals surface area contributed by atoms with Gasteiger partial charge in [-0.25, -0.2) is 0 Å². The standard InChI is InChI=1S/C13H26N2O.ClH/c1-10(13(2,3)4)8-12(16)15(5)11-6-7-14-9-11;/h10-11,14H,6-9H2,1-5H3;1H. The van der Waals surface area contributed by atoms with Gasteiger partial charge in [-0.3, -0.25) is 4.79 Å². The van der Waals surface area contributed by atoms with Crippen molar-refractivity contribution in [2.24, 2.45) is 11.3 Å². The summed E-state index contributed by atoms with van der Waals surface area (Å²) in [5.74, 6) is 0.716. The number of carbonyl (C=O) groups excluding carboxylic acids is 1. The molecule has 1 saturated heterocycles. The first-order valence-electron chi connectivity index (χ1n) is 6.28. The summed E-state index contributed by atoms with van der Waals surface area (Å²) in [6.07, 6.45) is 1.75. The van der Waals surface area contributed by atoms with E-state index in [-0.39, 0.29) is 23.7 Å². The first-order chi connectivity index (χ1) is 7.32. The minimum absolute atomic E-state index is 0. The highest BCUT2D eigenvalue weighted by molar-refractivity contribution is 5.85. The molecule has 1 fully saturated rings. The Bertz CT molecular complexity index is 244. The Labute approximate surface area is 112 Å². The average molecular weight is 263 g/mol. The molecule has 0 aromatic heterocycles. The van der Waals surface area contributed by atoms with Gasteiger partial charge in [-0.15, -0.1) is 12.4 Å². The molecule has 102 valence electrons. The number of carbonyl (C=O) groups is 1. The van der Waals surface area contributed by atoms with Crippen LogP contribution in [0.2, 0.25) is 0 Å². The molecule has 3 nitrogen and oxygen atoms in total. The highest BCUT2D eigenvalue weighted by Crippen LogP contribution is 2.28. The van der Waals surface area contributed by atoms with Crippen molar-refractivity contribution in [1.82, 2.24) is 10.2 Å². The molecule has 1 N–H and O–H groups in total. The maximum Gasteiger partial charge on any atom is 0.222 e. The largest absolute Gasteiger partial charge is 0.341 e. The number of hydrogen-bond donors (Lipinski definition) is 1. The minimum Gasteiger partial charge on any atom is -0.341 e. The summed E-state index contributed by atoms with van der Waals surface area (Å²) >= 11 is 0. The third-order valence-electron chi connectivity index (χ3n) is 3.93. The normalized spacial score (nSPS) is 21.8. The Balaban J connectivity index is 0.00000256. The molecule has 1 aliphatic heterocycles. The van der Waals surface area contributed by atoms with Crippen molar-refractivity contribution in [2.75, 3.05) is 20.1 Å². The molecule has 0 aromatic rings. The van der Waals surface area contributed by atoms with Crippen LogP contribution in [0.3, 0.4) is 0 Å². The van der Waals surface area contributed by atoms with E-state index in [1.807, 2.05) is 11.9 Å². The summed E-state index contributed by atoms with van der Waals surface area (Å²) < 4.78 is 0. The zero-order chi connectivity index (χ0) is 12.3. The number of nitrogens with zero attached hydrogens (tertiary/aromatic N) is 1. The highest BCUT2D eigenvalue weighted by Gasteiger charge is 2.27. The lowest BCUT2D eigenvalue weighted by molar-refractivity contribution is -0.133. The monoisotopic (exact) mass is 262 g/mol. The summed E-state index contributed by atoms with van der Waals surface area (Å²) in [6, 6.07) is 0.402. The molecule has 1 rings (SSSR count). The lowest BCUT2D eigenvalue weighted by Gasteiger charge is -2.30. The molecular weight excluding hydrogens is 236 g/mol. The Morgan fingerprint density at radius 3 is 2.47 bits per heavy atom. The summed E-state index contributed by atoms with van der Waals surface area (Å²) in [5.41, 5.74) is 0.213. The van der Waals surface area contributed by atoms with Crippen molar-refractivity contribution < 1.29 is 4.79 Å². The van der Waals surface area contributed by atoms with Crippen LogP contribution < -0.4 is 5.32 Å². The number of likely N-dealkylation sites (N-methyl/N-ethyl adjacent to an activating group) is 1. The second-order valence-electron chi connectivity index (χ2n) is 6.12. The van der Waals surface area contributed by atoms with Crippen LogP contribution in [0.25, 0.3) is 0 Å². The van der Waals surface area contributed by atoms with Crippen LogP contribution in [0, 0.1) is 11.3 Å². The predicted octanol–water partition coefficient (Wildman–Crippen LogP) is 2.30. The van der Waals surface area contributed by atoms with Crippen LogP contribution in [0.1, 0.15) is 40.5 Å². The third-order valence-corrected chi connectivity index (χ3v) is 3.93. The van der Waals surface area contributed by atoms with Crippen LogP contribution in [-0.4, -0.2) is 37.0 Å². The maximum atomic E-state index is 12.1. The lowest BCUT2D eigenvalue weighted by Crippen LogP contribution is -2.39. The number of halogens is 1. The van der Waals surface area contributed by atoms with E-state index in [1.54, 1.807) is 0 Å². The van der Waals surface area contributed by atoms with Crippen molar-refractivity contribution in [2.45, 2.75) is 46.6 Å². The molecule has 2 atom stereocenters. The van der Waals surface area contributed by atoms with Gasteiger partial charge in [-0.2, -0.15) is 0 Å². The summed E-state index contributed by atoms with van der Waals surface area (Å²) in [7, 11) is 1.94. The Hall–Kier alpha value is -0.280. The lowest BCUT2D eigenvalue weighted by atomic mass is 9.80. The molecule has 0 aliphatic carbocycles. The van der Waals surface area contributed by atoms with Crippen molar-refractivity contribution in [1.29, 1.82) is 0 Å². The van der Waals surface area contributed by atoms with Crippen LogP contribution in [0.15, 0.2) is 0 Å².